The molecule has 0 radical (unpaired) electrons. The van der Waals surface area contributed by atoms with E-state index in [4.69, 9.17) is 5.11 Å². The fourth-order valence-corrected chi connectivity index (χ4v) is 1.61. The molecule has 0 aliphatic carbocycles. The molecule has 0 saturated carbocycles. The molecule has 5 nitrogen and oxygen atoms in total. The van der Waals surface area contributed by atoms with Crippen LogP contribution in [0.15, 0.2) is 18.3 Å². The molecule has 0 atom stereocenters. The van der Waals surface area contributed by atoms with Crippen LogP contribution in [0.4, 0.5) is 5.69 Å². The highest BCUT2D eigenvalue weighted by molar-refractivity contribution is 5.91. The number of hydrogen-bond acceptors (Lipinski definition) is 4. The van der Waals surface area contributed by atoms with Crippen LogP contribution >= 0.6 is 0 Å². The largest absolute Gasteiger partial charge is 0.476 e. The van der Waals surface area contributed by atoms with Gasteiger partial charge in [-0.25, -0.2) is 9.78 Å². The number of carboxylic acids is 1. The zero-order valence-electron chi connectivity index (χ0n) is 10.3. The summed E-state index contributed by atoms with van der Waals surface area (Å²) in [6.45, 7) is 7.81. The first-order chi connectivity index (χ1) is 8.19. The second kappa shape index (κ2) is 6.85. The lowest BCUT2D eigenvalue weighted by Gasteiger charge is -2.18. The molecular weight excluding hydrogens is 218 g/mol. The van der Waals surface area contributed by atoms with Crippen LogP contribution in [-0.2, 0) is 0 Å². The van der Waals surface area contributed by atoms with E-state index in [-0.39, 0.29) is 5.69 Å². The summed E-state index contributed by atoms with van der Waals surface area (Å²) in [6, 6.07) is 3.46. The van der Waals surface area contributed by atoms with Crippen LogP contribution < -0.4 is 5.32 Å². The number of nitrogens with one attached hydrogen (secondary N) is 1. The molecule has 94 valence electrons. The summed E-state index contributed by atoms with van der Waals surface area (Å²) in [6.07, 6.45) is 1.49. The number of anilines is 1. The van der Waals surface area contributed by atoms with E-state index in [2.05, 4.69) is 29.0 Å². The number of aromatic carboxylic acids is 1. The van der Waals surface area contributed by atoms with E-state index in [1.165, 1.54) is 6.20 Å². The highest BCUT2D eigenvalue weighted by Crippen LogP contribution is 2.11. The van der Waals surface area contributed by atoms with Crippen LogP contribution in [0.1, 0.15) is 24.3 Å². The molecule has 2 N–H and O–H groups in total. The molecule has 1 aromatic rings. The normalized spacial score (nSPS) is 10.5. The van der Waals surface area contributed by atoms with Crippen LogP contribution in [0.2, 0.25) is 0 Å². The number of nitrogens with zero attached hydrogens (tertiary/aromatic N) is 2. The summed E-state index contributed by atoms with van der Waals surface area (Å²) in [5.41, 5.74) is 0.652. The van der Waals surface area contributed by atoms with Gasteiger partial charge in [0.15, 0.2) is 5.69 Å². The van der Waals surface area contributed by atoms with E-state index >= 15 is 0 Å². The Hall–Kier alpha value is -1.62. The summed E-state index contributed by atoms with van der Waals surface area (Å²) in [4.78, 5) is 17.0. The molecule has 0 spiro atoms. The maximum Gasteiger partial charge on any atom is 0.356 e. The third-order valence-corrected chi connectivity index (χ3v) is 2.65. The molecule has 0 aliphatic rings. The Morgan fingerprint density at radius 2 is 2.18 bits per heavy atom. The van der Waals surface area contributed by atoms with Crippen LogP contribution in [-0.4, -0.2) is 47.1 Å². The molecule has 0 unspecified atom stereocenters. The van der Waals surface area contributed by atoms with Crippen molar-refractivity contribution in [3.63, 3.8) is 0 Å². The quantitative estimate of drug-likeness (QED) is 0.753. The lowest BCUT2D eigenvalue weighted by atomic mass is 10.3. The summed E-state index contributed by atoms with van der Waals surface area (Å²) < 4.78 is 0. The summed E-state index contributed by atoms with van der Waals surface area (Å²) >= 11 is 0. The van der Waals surface area contributed by atoms with Gasteiger partial charge in [-0.2, -0.15) is 0 Å². The molecule has 0 aliphatic heterocycles. The molecule has 0 fully saturated rings. The zero-order valence-corrected chi connectivity index (χ0v) is 10.3. The Bertz CT molecular complexity index is 365. The monoisotopic (exact) mass is 237 g/mol. The van der Waals surface area contributed by atoms with Gasteiger partial charge in [-0.3, -0.25) is 0 Å². The predicted octanol–water partition coefficient (Wildman–Crippen LogP) is 1.53. The van der Waals surface area contributed by atoms with Crippen molar-refractivity contribution in [2.45, 2.75) is 13.8 Å². The number of pyridine rings is 1. The average molecular weight is 237 g/mol. The molecule has 0 bridgehead atoms. The Morgan fingerprint density at radius 1 is 1.47 bits per heavy atom. The minimum atomic E-state index is -1.00. The number of hydrogen-bond donors (Lipinski definition) is 2. The number of rotatable bonds is 7. The van der Waals surface area contributed by atoms with E-state index in [1.54, 1.807) is 12.1 Å². The topological polar surface area (TPSA) is 65.5 Å². The van der Waals surface area contributed by atoms with Gasteiger partial charge in [0.1, 0.15) is 0 Å². The molecular formula is C12H19N3O2. The van der Waals surface area contributed by atoms with E-state index in [9.17, 15) is 4.79 Å². The van der Waals surface area contributed by atoms with Crippen molar-refractivity contribution >= 4 is 11.7 Å². The van der Waals surface area contributed by atoms with Gasteiger partial charge in [-0.05, 0) is 25.2 Å². The average Bonchev–Trinajstić information content (AvgIpc) is 2.35. The fraction of sp³-hybridized carbons (Fsp3) is 0.500. The molecule has 1 aromatic heterocycles. The summed E-state index contributed by atoms with van der Waals surface area (Å²) in [7, 11) is 0. The SMILES string of the molecule is CCN(CC)CCNc1cccnc1C(=O)O. The molecule has 5 heteroatoms. The van der Waals surface area contributed by atoms with Crippen molar-refractivity contribution in [3.8, 4) is 0 Å². The standard InChI is InChI=1S/C12H19N3O2/c1-3-15(4-2)9-8-13-10-6-5-7-14-11(10)12(16)17/h5-7,13H,3-4,8-9H2,1-2H3,(H,16,17). The van der Waals surface area contributed by atoms with Gasteiger partial charge < -0.3 is 15.3 Å². The van der Waals surface area contributed by atoms with Crippen molar-refractivity contribution in [2.75, 3.05) is 31.5 Å². The lowest BCUT2D eigenvalue weighted by Crippen LogP contribution is -2.29. The van der Waals surface area contributed by atoms with Crippen LogP contribution in [0, 0.1) is 0 Å². The van der Waals surface area contributed by atoms with Crippen molar-refractivity contribution in [1.29, 1.82) is 0 Å². The Labute approximate surface area is 101 Å². The van der Waals surface area contributed by atoms with Crippen LogP contribution in [0.3, 0.4) is 0 Å². The van der Waals surface area contributed by atoms with Gasteiger partial charge in [0.25, 0.3) is 0 Å². The number of carbonyl (C=O) groups is 1. The molecule has 1 heterocycles. The highest BCUT2D eigenvalue weighted by Gasteiger charge is 2.10. The Balaban J connectivity index is 2.54. The maximum absolute atomic E-state index is 10.9. The molecule has 0 aromatic carbocycles. The van der Waals surface area contributed by atoms with Crippen molar-refractivity contribution in [1.82, 2.24) is 9.88 Å². The van der Waals surface area contributed by atoms with E-state index in [1.807, 2.05) is 0 Å². The highest BCUT2D eigenvalue weighted by atomic mass is 16.4. The summed E-state index contributed by atoms with van der Waals surface area (Å²) in [5, 5.41) is 12.1. The first kappa shape index (κ1) is 13.4. The lowest BCUT2D eigenvalue weighted by molar-refractivity contribution is 0.0691. The smallest absolute Gasteiger partial charge is 0.356 e. The second-order valence-corrected chi connectivity index (χ2v) is 3.66. The van der Waals surface area contributed by atoms with Crippen molar-refractivity contribution in [3.05, 3.63) is 24.0 Å². The van der Waals surface area contributed by atoms with E-state index < -0.39 is 5.97 Å². The van der Waals surface area contributed by atoms with Gasteiger partial charge in [-0.15, -0.1) is 0 Å². The number of likely N-dealkylation sites (N-methyl/N-ethyl adjacent to an activating group) is 1. The van der Waals surface area contributed by atoms with Crippen LogP contribution in [0.25, 0.3) is 0 Å². The Morgan fingerprint density at radius 3 is 2.76 bits per heavy atom. The van der Waals surface area contributed by atoms with Gasteiger partial charge in [0.05, 0.1) is 5.69 Å². The van der Waals surface area contributed by atoms with Gasteiger partial charge in [0, 0.05) is 19.3 Å². The second-order valence-electron chi connectivity index (χ2n) is 3.66. The fourth-order valence-electron chi connectivity index (χ4n) is 1.61. The minimum absolute atomic E-state index is 0.0760. The molecule has 1 rings (SSSR count). The van der Waals surface area contributed by atoms with Gasteiger partial charge in [0.2, 0.25) is 0 Å². The summed E-state index contributed by atoms with van der Waals surface area (Å²) in [5.74, 6) is -1.00. The first-order valence-electron chi connectivity index (χ1n) is 5.83. The number of carboxylic acid groups (broad SMARTS) is 1. The van der Waals surface area contributed by atoms with Crippen molar-refractivity contribution < 1.29 is 9.90 Å². The number of aromatic nitrogens is 1. The molecule has 0 amide bonds. The van der Waals surface area contributed by atoms with Crippen molar-refractivity contribution in [2.24, 2.45) is 0 Å². The van der Waals surface area contributed by atoms with E-state index in [0.29, 0.717) is 12.2 Å². The molecule has 17 heavy (non-hydrogen) atoms. The third-order valence-electron chi connectivity index (χ3n) is 2.65. The Kier molecular flexibility index (Phi) is 5.42. The minimum Gasteiger partial charge on any atom is -0.476 e. The van der Waals surface area contributed by atoms with Gasteiger partial charge in [-0.1, -0.05) is 13.8 Å². The maximum atomic E-state index is 10.9. The zero-order chi connectivity index (χ0) is 12.7. The van der Waals surface area contributed by atoms with Crippen LogP contribution in [0.5, 0.6) is 0 Å². The predicted molar refractivity (Wildman–Crippen MR) is 67.5 cm³/mol. The third kappa shape index (κ3) is 4.03. The van der Waals surface area contributed by atoms with E-state index in [0.717, 1.165) is 19.6 Å². The first-order valence-corrected chi connectivity index (χ1v) is 5.83. The molecule has 0 saturated heterocycles. The van der Waals surface area contributed by atoms with Gasteiger partial charge >= 0.3 is 5.97 Å².